The summed E-state index contributed by atoms with van der Waals surface area (Å²) in [5.74, 6) is -0.747. The van der Waals surface area contributed by atoms with E-state index in [0.717, 1.165) is 4.90 Å². The van der Waals surface area contributed by atoms with Gasteiger partial charge >= 0.3 is 6.09 Å². The number of imide groups is 1. The Morgan fingerprint density at radius 2 is 2.27 bits per heavy atom. The van der Waals surface area contributed by atoms with Gasteiger partial charge in [0.1, 0.15) is 6.61 Å². The maximum atomic E-state index is 11.3. The normalized spacial score (nSPS) is 15.3. The summed E-state index contributed by atoms with van der Waals surface area (Å²) < 4.78 is 4.55. The summed E-state index contributed by atoms with van der Waals surface area (Å²) in [7, 11) is 0. The van der Waals surface area contributed by atoms with Gasteiger partial charge in [-0.2, -0.15) is 4.99 Å². The third-order valence-electron chi connectivity index (χ3n) is 1.86. The first-order valence-electron chi connectivity index (χ1n) is 4.24. The number of aliphatic imine (C=N–C) groups is 1. The maximum absolute atomic E-state index is 11.3. The smallest absolute Gasteiger partial charge is 0.433 e. The molecule has 0 fully saturated rings. The Balaban J connectivity index is 2.41. The molecule has 0 aromatic carbocycles. The molecule has 0 N–H and O–H groups in total. The van der Waals surface area contributed by atoms with E-state index in [1.807, 2.05) is 0 Å². The molecule has 0 bridgehead atoms. The summed E-state index contributed by atoms with van der Waals surface area (Å²) in [6.45, 7) is 4.49. The summed E-state index contributed by atoms with van der Waals surface area (Å²) in [6.07, 6.45) is 0.425. The van der Waals surface area contributed by atoms with Crippen LogP contribution in [0, 0.1) is 0 Å². The zero-order valence-electron chi connectivity index (χ0n) is 8.23. The number of carbonyl (C=O) groups excluding carboxylic acids is 3. The molecule has 0 unspecified atom stereocenters. The highest BCUT2D eigenvalue weighted by atomic mass is 16.5. The van der Waals surface area contributed by atoms with Crippen molar-refractivity contribution in [2.75, 3.05) is 13.2 Å². The monoisotopic (exact) mass is 210 g/mol. The molecule has 6 nitrogen and oxygen atoms in total. The van der Waals surface area contributed by atoms with E-state index in [1.165, 1.54) is 6.08 Å². The molecule has 1 heterocycles. The fourth-order valence-corrected chi connectivity index (χ4v) is 1.12. The molecular weight excluding hydrogens is 200 g/mol. The summed E-state index contributed by atoms with van der Waals surface area (Å²) in [4.78, 5) is 37.1. The van der Waals surface area contributed by atoms with Gasteiger partial charge in [-0.15, -0.1) is 0 Å². The van der Waals surface area contributed by atoms with E-state index in [0.29, 0.717) is 5.57 Å². The average molecular weight is 210 g/mol. The fourth-order valence-electron chi connectivity index (χ4n) is 1.12. The van der Waals surface area contributed by atoms with E-state index in [1.54, 1.807) is 6.92 Å². The van der Waals surface area contributed by atoms with Gasteiger partial charge in [0, 0.05) is 11.6 Å². The number of ether oxygens (including phenoxy) is 1. The molecule has 0 radical (unpaired) electrons. The molecular formula is C9H10N2O4. The van der Waals surface area contributed by atoms with Gasteiger partial charge in [-0.25, -0.2) is 4.79 Å². The molecule has 0 aromatic rings. The first kappa shape index (κ1) is 11.1. The van der Waals surface area contributed by atoms with Crippen molar-refractivity contribution in [3.8, 4) is 0 Å². The van der Waals surface area contributed by atoms with Crippen LogP contribution in [0.3, 0.4) is 0 Å². The van der Waals surface area contributed by atoms with E-state index in [9.17, 15) is 14.4 Å². The lowest BCUT2D eigenvalue weighted by Gasteiger charge is -2.13. The van der Waals surface area contributed by atoms with E-state index in [2.05, 4.69) is 16.4 Å². The van der Waals surface area contributed by atoms with Gasteiger partial charge in [-0.05, 0) is 13.6 Å². The zero-order chi connectivity index (χ0) is 11.4. The van der Waals surface area contributed by atoms with Crippen molar-refractivity contribution >= 4 is 24.6 Å². The highest BCUT2D eigenvalue weighted by molar-refractivity contribution is 6.15. The highest BCUT2D eigenvalue weighted by Crippen LogP contribution is 2.10. The van der Waals surface area contributed by atoms with Gasteiger partial charge in [-0.1, -0.05) is 0 Å². The molecule has 6 heteroatoms. The van der Waals surface area contributed by atoms with Crippen LogP contribution in [-0.4, -0.2) is 42.7 Å². The number of amides is 3. The Kier molecular flexibility index (Phi) is 3.33. The molecule has 0 aliphatic carbocycles. The highest BCUT2D eigenvalue weighted by Gasteiger charge is 2.27. The SMILES string of the molecule is C=NC(=O)OCCN1C(=O)C=C(C)C1=O. The summed E-state index contributed by atoms with van der Waals surface area (Å²) in [5.41, 5.74) is 0.383. The van der Waals surface area contributed by atoms with Crippen LogP contribution >= 0.6 is 0 Å². The van der Waals surface area contributed by atoms with Crippen LogP contribution in [0.15, 0.2) is 16.6 Å². The van der Waals surface area contributed by atoms with Gasteiger partial charge < -0.3 is 4.74 Å². The Bertz CT molecular complexity index is 359. The Morgan fingerprint density at radius 3 is 2.73 bits per heavy atom. The Labute approximate surface area is 86.2 Å². The van der Waals surface area contributed by atoms with E-state index < -0.39 is 6.09 Å². The number of rotatable bonds is 3. The lowest BCUT2D eigenvalue weighted by molar-refractivity contribution is -0.137. The third-order valence-corrected chi connectivity index (χ3v) is 1.86. The quantitative estimate of drug-likeness (QED) is 0.490. The summed E-state index contributed by atoms with van der Waals surface area (Å²) in [5, 5.41) is 0. The van der Waals surface area contributed by atoms with Crippen molar-refractivity contribution < 1.29 is 19.1 Å². The second-order valence-corrected chi connectivity index (χ2v) is 2.89. The van der Waals surface area contributed by atoms with Crippen molar-refractivity contribution in [2.45, 2.75) is 6.92 Å². The molecule has 80 valence electrons. The van der Waals surface area contributed by atoms with Gasteiger partial charge in [0.2, 0.25) is 0 Å². The fraction of sp³-hybridized carbons (Fsp3) is 0.333. The minimum absolute atomic E-state index is 0.0345. The van der Waals surface area contributed by atoms with Gasteiger partial charge in [0.05, 0.1) is 6.54 Å². The topological polar surface area (TPSA) is 76.0 Å². The largest absolute Gasteiger partial charge is 0.446 e. The minimum Gasteiger partial charge on any atom is -0.446 e. The standard InChI is InChI=1S/C9H10N2O4/c1-6-5-7(12)11(8(6)13)3-4-15-9(14)10-2/h5H,2-4H2,1H3. The molecule has 15 heavy (non-hydrogen) atoms. The number of nitrogens with zero attached hydrogens (tertiary/aromatic N) is 2. The van der Waals surface area contributed by atoms with Crippen LogP contribution in [0.4, 0.5) is 4.79 Å². The van der Waals surface area contributed by atoms with Crippen molar-refractivity contribution in [3.63, 3.8) is 0 Å². The molecule has 0 saturated carbocycles. The first-order valence-corrected chi connectivity index (χ1v) is 4.24. The molecule has 0 spiro atoms. The van der Waals surface area contributed by atoms with E-state index >= 15 is 0 Å². The van der Waals surface area contributed by atoms with Crippen LogP contribution in [0.25, 0.3) is 0 Å². The lowest BCUT2D eigenvalue weighted by atomic mass is 10.3. The molecule has 0 atom stereocenters. The molecule has 1 aliphatic rings. The van der Waals surface area contributed by atoms with Crippen LogP contribution in [0.5, 0.6) is 0 Å². The van der Waals surface area contributed by atoms with Crippen LogP contribution in [-0.2, 0) is 14.3 Å². The number of hydrogen-bond donors (Lipinski definition) is 0. The predicted molar refractivity (Wildman–Crippen MR) is 51.4 cm³/mol. The number of carbonyl (C=O) groups is 3. The molecule has 3 amide bonds. The Morgan fingerprint density at radius 1 is 1.60 bits per heavy atom. The second-order valence-electron chi connectivity index (χ2n) is 2.89. The third kappa shape index (κ3) is 2.49. The molecule has 0 aromatic heterocycles. The van der Waals surface area contributed by atoms with E-state index in [-0.39, 0.29) is 25.0 Å². The van der Waals surface area contributed by atoms with Crippen molar-refractivity contribution in [1.82, 2.24) is 4.90 Å². The van der Waals surface area contributed by atoms with Crippen molar-refractivity contribution in [3.05, 3.63) is 11.6 Å². The van der Waals surface area contributed by atoms with Crippen LogP contribution < -0.4 is 0 Å². The average Bonchev–Trinajstić information content (AvgIpc) is 2.44. The number of hydrogen-bond acceptors (Lipinski definition) is 4. The van der Waals surface area contributed by atoms with Gasteiger partial charge in [-0.3, -0.25) is 14.5 Å². The van der Waals surface area contributed by atoms with Gasteiger partial charge in [0.15, 0.2) is 0 Å². The molecule has 1 aliphatic heterocycles. The molecule has 0 saturated heterocycles. The first-order chi connectivity index (χ1) is 7.06. The van der Waals surface area contributed by atoms with Crippen LogP contribution in [0.1, 0.15) is 6.92 Å². The van der Waals surface area contributed by atoms with Crippen molar-refractivity contribution in [2.24, 2.45) is 4.99 Å². The van der Waals surface area contributed by atoms with Crippen molar-refractivity contribution in [1.29, 1.82) is 0 Å². The Hall–Kier alpha value is -1.98. The second kappa shape index (κ2) is 4.50. The molecule has 1 rings (SSSR count). The lowest BCUT2D eigenvalue weighted by Crippen LogP contribution is -2.34. The van der Waals surface area contributed by atoms with Crippen LogP contribution in [0.2, 0.25) is 0 Å². The zero-order valence-corrected chi connectivity index (χ0v) is 8.23. The summed E-state index contributed by atoms with van der Waals surface area (Å²) >= 11 is 0. The van der Waals surface area contributed by atoms with E-state index in [4.69, 9.17) is 0 Å². The van der Waals surface area contributed by atoms with Gasteiger partial charge in [0.25, 0.3) is 11.8 Å². The summed E-state index contributed by atoms with van der Waals surface area (Å²) in [6, 6.07) is 0. The predicted octanol–water partition coefficient (Wildman–Crippen LogP) is 0.139. The maximum Gasteiger partial charge on any atom is 0.433 e. The minimum atomic E-state index is -0.821.